The molecule has 2 N–H and O–H groups in total. The highest BCUT2D eigenvalue weighted by Gasteiger charge is 2.18. The molecule has 1 atom stereocenters. The third kappa shape index (κ3) is 2.38. The summed E-state index contributed by atoms with van der Waals surface area (Å²) in [5.41, 5.74) is 3.42. The van der Waals surface area contributed by atoms with Crippen LogP contribution in [0.1, 0.15) is 17.0 Å². The first-order chi connectivity index (χ1) is 8.81. The lowest BCUT2D eigenvalue weighted by atomic mass is 10.0. The van der Waals surface area contributed by atoms with E-state index in [4.69, 9.17) is 4.74 Å². The first-order valence-electron chi connectivity index (χ1n) is 6.26. The SMILES string of the molecule is Cc1cc(CNC2COc3ccccc3C2)n[nH]1. The van der Waals surface area contributed by atoms with Gasteiger partial charge in [0.05, 0.1) is 5.69 Å². The number of hydrogen-bond donors (Lipinski definition) is 2. The van der Waals surface area contributed by atoms with Crippen LogP contribution in [0.2, 0.25) is 0 Å². The van der Waals surface area contributed by atoms with E-state index < -0.39 is 0 Å². The van der Waals surface area contributed by atoms with Crippen molar-refractivity contribution in [2.75, 3.05) is 6.61 Å². The Morgan fingerprint density at radius 1 is 1.44 bits per heavy atom. The fourth-order valence-electron chi connectivity index (χ4n) is 2.27. The van der Waals surface area contributed by atoms with E-state index in [1.165, 1.54) is 5.56 Å². The van der Waals surface area contributed by atoms with Gasteiger partial charge < -0.3 is 10.1 Å². The molecule has 2 heterocycles. The van der Waals surface area contributed by atoms with Crippen molar-refractivity contribution in [1.29, 1.82) is 0 Å². The maximum atomic E-state index is 5.74. The van der Waals surface area contributed by atoms with Gasteiger partial charge in [0.2, 0.25) is 0 Å². The number of H-pyrrole nitrogens is 1. The van der Waals surface area contributed by atoms with E-state index in [1.807, 2.05) is 19.1 Å². The fraction of sp³-hybridized carbons (Fsp3) is 0.357. The predicted molar refractivity (Wildman–Crippen MR) is 69.6 cm³/mol. The largest absolute Gasteiger partial charge is 0.492 e. The summed E-state index contributed by atoms with van der Waals surface area (Å²) in [5.74, 6) is 1.02. The monoisotopic (exact) mass is 243 g/mol. The number of aromatic nitrogens is 2. The molecule has 94 valence electrons. The van der Waals surface area contributed by atoms with Gasteiger partial charge in [-0.25, -0.2) is 0 Å². The lowest BCUT2D eigenvalue weighted by molar-refractivity contribution is 0.237. The lowest BCUT2D eigenvalue weighted by Crippen LogP contribution is -2.38. The van der Waals surface area contributed by atoms with E-state index in [1.54, 1.807) is 0 Å². The maximum Gasteiger partial charge on any atom is 0.122 e. The van der Waals surface area contributed by atoms with Crippen molar-refractivity contribution < 1.29 is 4.74 Å². The minimum atomic E-state index is 0.358. The highest BCUT2D eigenvalue weighted by Crippen LogP contribution is 2.23. The Morgan fingerprint density at radius 2 is 2.33 bits per heavy atom. The number of rotatable bonds is 3. The van der Waals surface area contributed by atoms with Crippen LogP contribution in [0.15, 0.2) is 30.3 Å². The van der Waals surface area contributed by atoms with E-state index in [0.717, 1.165) is 36.7 Å². The number of nitrogens with zero attached hydrogens (tertiary/aromatic N) is 1. The zero-order chi connectivity index (χ0) is 12.4. The second-order valence-electron chi connectivity index (χ2n) is 4.74. The second kappa shape index (κ2) is 4.82. The summed E-state index contributed by atoms with van der Waals surface area (Å²) in [6, 6.07) is 10.6. The molecule has 4 heteroatoms. The van der Waals surface area contributed by atoms with Crippen LogP contribution in [0.25, 0.3) is 0 Å². The van der Waals surface area contributed by atoms with Gasteiger partial charge in [-0.3, -0.25) is 5.10 Å². The van der Waals surface area contributed by atoms with Gasteiger partial charge in [-0.1, -0.05) is 18.2 Å². The van der Waals surface area contributed by atoms with Crippen molar-refractivity contribution >= 4 is 0 Å². The number of aryl methyl sites for hydroxylation is 1. The summed E-state index contributed by atoms with van der Waals surface area (Å²) in [6.45, 7) is 3.51. The van der Waals surface area contributed by atoms with Crippen LogP contribution in [0.4, 0.5) is 0 Å². The molecule has 1 aliphatic heterocycles. The quantitative estimate of drug-likeness (QED) is 0.864. The molecule has 0 bridgehead atoms. The molecule has 18 heavy (non-hydrogen) atoms. The first-order valence-corrected chi connectivity index (χ1v) is 6.26. The van der Waals surface area contributed by atoms with Gasteiger partial charge in [0.15, 0.2) is 0 Å². The smallest absolute Gasteiger partial charge is 0.122 e. The predicted octanol–water partition coefficient (Wildman–Crippen LogP) is 1.81. The van der Waals surface area contributed by atoms with Crippen LogP contribution in [0.3, 0.4) is 0 Å². The van der Waals surface area contributed by atoms with Crippen molar-refractivity contribution in [3.63, 3.8) is 0 Å². The van der Waals surface area contributed by atoms with E-state index in [9.17, 15) is 0 Å². The lowest BCUT2D eigenvalue weighted by Gasteiger charge is -2.25. The topological polar surface area (TPSA) is 49.9 Å². The molecular formula is C14H17N3O. The zero-order valence-electron chi connectivity index (χ0n) is 10.4. The number of para-hydroxylation sites is 1. The molecule has 2 aromatic rings. The highest BCUT2D eigenvalue weighted by atomic mass is 16.5. The minimum Gasteiger partial charge on any atom is -0.492 e. The van der Waals surface area contributed by atoms with E-state index >= 15 is 0 Å². The molecular weight excluding hydrogens is 226 g/mol. The van der Waals surface area contributed by atoms with Crippen LogP contribution >= 0.6 is 0 Å². The van der Waals surface area contributed by atoms with Crippen LogP contribution in [0, 0.1) is 6.92 Å². The molecule has 1 aromatic carbocycles. The Kier molecular flexibility index (Phi) is 3.02. The number of hydrogen-bond acceptors (Lipinski definition) is 3. The average Bonchev–Trinajstić information content (AvgIpc) is 2.82. The van der Waals surface area contributed by atoms with Gasteiger partial charge in [-0.15, -0.1) is 0 Å². The Bertz CT molecular complexity index is 535. The molecule has 3 rings (SSSR count). The van der Waals surface area contributed by atoms with Gasteiger partial charge in [0.1, 0.15) is 12.4 Å². The van der Waals surface area contributed by atoms with Crippen LogP contribution in [-0.4, -0.2) is 22.8 Å². The molecule has 0 aliphatic carbocycles. The summed E-state index contributed by atoms with van der Waals surface area (Å²) in [6.07, 6.45) is 1.01. The molecule has 0 fully saturated rings. The Labute approximate surface area is 106 Å². The average molecular weight is 243 g/mol. The van der Waals surface area contributed by atoms with Gasteiger partial charge in [0.25, 0.3) is 0 Å². The number of benzene rings is 1. The molecule has 0 spiro atoms. The van der Waals surface area contributed by atoms with Gasteiger partial charge in [-0.05, 0) is 31.0 Å². The zero-order valence-corrected chi connectivity index (χ0v) is 10.4. The molecule has 1 aromatic heterocycles. The first kappa shape index (κ1) is 11.3. The number of nitrogens with one attached hydrogen (secondary N) is 2. The van der Waals surface area contributed by atoms with E-state index in [-0.39, 0.29) is 0 Å². The summed E-state index contributed by atoms with van der Waals surface area (Å²) in [7, 11) is 0. The molecule has 0 saturated carbocycles. The summed E-state index contributed by atoms with van der Waals surface area (Å²) >= 11 is 0. The van der Waals surface area contributed by atoms with Gasteiger partial charge in [0, 0.05) is 18.3 Å². The van der Waals surface area contributed by atoms with Crippen molar-refractivity contribution in [3.05, 3.63) is 47.3 Å². The third-order valence-corrected chi connectivity index (χ3v) is 3.21. The molecule has 0 amide bonds. The van der Waals surface area contributed by atoms with Crippen molar-refractivity contribution in [2.45, 2.75) is 25.9 Å². The summed E-state index contributed by atoms with van der Waals surface area (Å²) in [4.78, 5) is 0. The highest BCUT2D eigenvalue weighted by molar-refractivity contribution is 5.35. The number of ether oxygens (including phenoxy) is 1. The number of aromatic amines is 1. The number of fused-ring (bicyclic) bond motifs is 1. The molecule has 4 nitrogen and oxygen atoms in total. The van der Waals surface area contributed by atoms with Crippen molar-refractivity contribution in [3.8, 4) is 5.75 Å². The molecule has 1 unspecified atom stereocenters. The van der Waals surface area contributed by atoms with Gasteiger partial charge >= 0.3 is 0 Å². The van der Waals surface area contributed by atoms with Crippen molar-refractivity contribution in [2.24, 2.45) is 0 Å². The van der Waals surface area contributed by atoms with Crippen LogP contribution in [-0.2, 0) is 13.0 Å². The molecule has 0 saturated heterocycles. The summed E-state index contributed by atoms with van der Waals surface area (Å²) in [5, 5.41) is 10.7. The minimum absolute atomic E-state index is 0.358. The summed E-state index contributed by atoms with van der Waals surface area (Å²) < 4.78 is 5.74. The van der Waals surface area contributed by atoms with Crippen molar-refractivity contribution in [1.82, 2.24) is 15.5 Å². The second-order valence-corrected chi connectivity index (χ2v) is 4.74. The normalized spacial score (nSPS) is 18.2. The van der Waals surface area contributed by atoms with Crippen LogP contribution < -0.4 is 10.1 Å². The Balaban J connectivity index is 1.59. The van der Waals surface area contributed by atoms with E-state index in [2.05, 4.69) is 33.7 Å². The standard InChI is InChI=1S/C14H17N3O/c1-10-6-12(17-16-10)8-15-13-7-11-4-2-3-5-14(11)18-9-13/h2-6,13,15H,7-9H2,1H3,(H,16,17). The van der Waals surface area contributed by atoms with E-state index in [0.29, 0.717) is 6.04 Å². The maximum absolute atomic E-state index is 5.74. The third-order valence-electron chi connectivity index (χ3n) is 3.21. The van der Waals surface area contributed by atoms with Gasteiger partial charge in [-0.2, -0.15) is 5.10 Å². The molecule has 1 aliphatic rings. The van der Waals surface area contributed by atoms with Crippen LogP contribution in [0.5, 0.6) is 5.75 Å². The molecule has 0 radical (unpaired) electrons. The Morgan fingerprint density at radius 3 is 3.17 bits per heavy atom. The Hall–Kier alpha value is -1.81. The fourth-order valence-corrected chi connectivity index (χ4v) is 2.27.